The minimum absolute atomic E-state index is 0.0391. The molecular formula is C20H24N2O3. The number of hydrogen-bond donors (Lipinski definition) is 1. The first kappa shape index (κ1) is 18.5. The summed E-state index contributed by atoms with van der Waals surface area (Å²) in [6.45, 7) is 1.93. The number of nitrogens with one attached hydrogen (secondary N) is 1. The van der Waals surface area contributed by atoms with Crippen LogP contribution in [0.2, 0.25) is 0 Å². The first-order chi connectivity index (χ1) is 11.9. The molecule has 5 nitrogen and oxygen atoms in total. The Labute approximate surface area is 148 Å². The van der Waals surface area contributed by atoms with E-state index in [1.807, 2.05) is 55.5 Å². The lowest BCUT2D eigenvalue weighted by molar-refractivity contribution is -0.128. The van der Waals surface area contributed by atoms with Crippen molar-refractivity contribution in [2.45, 2.75) is 19.8 Å². The van der Waals surface area contributed by atoms with Gasteiger partial charge in [-0.15, -0.1) is 0 Å². The van der Waals surface area contributed by atoms with Gasteiger partial charge in [-0.25, -0.2) is 0 Å². The smallest absolute Gasteiger partial charge is 0.262 e. The van der Waals surface area contributed by atoms with Gasteiger partial charge >= 0.3 is 0 Å². The predicted molar refractivity (Wildman–Crippen MR) is 98.8 cm³/mol. The van der Waals surface area contributed by atoms with Gasteiger partial charge in [-0.2, -0.15) is 0 Å². The number of rotatable bonds is 7. The quantitative estimate of drug-likeness (QED) is 0.843. The molecule has 2 rings (SSSR count). The third kappa shape index (κ3) is 6.30. The van der Waals surface area contributed by atoms with E-state index in [4.69, 9.17) is 4.74 Å². The van der Waals surface area contributed by atoms with Gasteiger partial charge in [-0.05, 0) is 48.7 Å². The summed E-state index contributed by atoms with van der Waals surface area (Å²) in [4.78, 5) is 25.1. The van der Waals surface area contributed by atoms with Crippen molar-refractivity contribution < 1.29 is 14.3 Å². The molecule has 0 saturated heterocycles. The maximum atomic E-state index is 12.0. The zero-order chi connectivity index (χ0) is 18.2. The molecule has 2 aromatic rings. The predicted octanol–water partition coefficient (Wildman–Crippen LogP) is 3.03. The molecule has 0 unspecified atom stereocenters. The summed E-state index contributed by atoms with van der Waals surface area (Å²) in [5.74, 6) is 0.568. The van der Waals surface area contributed by atoms with Gasteiger partial charge in [0.2, 0.25) is 5.91 Å². The molecule has 1 N–H and O–H groups in total. The number of benzene rings is 2. The van der Waals surface area contributed by atoms with E-state index in [9.17, 15) is 9.59 Å². The Balaban J connectivity index is 1.80. The van der Waals surface area contributed by atoms with Crippen molar-refractivity contribution in [3.05, 3.63) is 59.7 Å². The fraction of sp³-hybridized carbons (Fsp3) is 0.300. The molecule has 0 aliphatic rings. The van der Waals surface area contributed by atoms with Gasteiger partial charge < -0.3 is 15.0 Å². The summed E-state index contributed by atoms with van der Waals surface area (Å²) in [6.07, 6.45) is 1.16. The van der Waals surface area contributed by atoms with Crippen molar-refractivity contribution in [1.82, 2.24) is 4.90 Å². The van der Waals surface area contributed by atoms with E-state index in [1.54, 1.807) is 19.0 Å². The topological polar surface area (TPSA) is 58.6 Å². The van der Waals surface area contributed by atoms with Crippen LogP contribution in [0, 0.1) is 6.92 Å². The Morgan fingerprint density at radius 3 is 2.44 bits per heavy atom. The molecule has 2 aromatic carbocycles. The van der Waals surface area contributed by atoms with E-state index in [0.29, 0.717) is 24.3 Å². The molecule has 0 bridgehead atoms. The highest BCUT2D eigenvalue weighted by Crippen LogP contribution is 2.14. The molecule has 0 atom stereocenters. The molecule has 0 spiro atoms. The van der Waals surface area contributed by atoms with Crippen LogP contribution in [-0.4, -0.2) is 37.4 Å². The summed E-state index contributed by atoms with van der Waals surface area (Å²) >= 11 is 0. The number of anilines is 1. The van der Waals surface area contributed by atoms with Gasteiger partial charge in [0.25, 0.3) is 5.91 Å². The maximum Gasteiger partial charge on any atom is 0.262 e. The Morgan fingerprint density at radius 2 is 1.80 bits per heavy atom. The lowest BCUT2D eigenvalue weighted by atomic mass is 10.1. The molecule has 2 amide bonds. The number of aryl methyl sites for hydroxylation is 2. The lowest BCUT2D eigenvalue weighted by Crippen LogP contribution is -2.21. The highest BCUT2D eigenvalue weighted by atomic mass is 16.5. The van der Waals surface area contributed by atoms with Crippen LogP contribution in [0.4, 0.5) is 5.69 Å². The lowest BCUT2D eigenvalue weighted by Gasteiger charge is -2.10. The number of hydrogen-bond acceptors (Lipinski definition) is 3. The summed E-state index contributed by atoms with van der Waals surface area (Å²) in [6, 6.07) is 15.1. The van der Waals surface area contributed by atoms with Crippen molar-refractivity contribution in [2.24, 2.45) is 0 Å². The molecule has 0 fully saturated rings. The average molecular weight is 340 g/mol. The summed E-state index contributed by atoms with van der Waals surface area (Å²) in [5.41, 5.74) is 2.85. The minimum atomic E-state index is -0.211. The van der Waals surface area contributed by atoms with Crippen LogP contribution >= 0.6 is 0 Å². The van der Waals surface area contributed by atoms with Gasteiger partial charge in [0.15, 0.2) is 6.61 Å². The second-order valence-electron chi connectivity index (χ2n) is 6.14. The van der Waals surface area contributed by atoms with Gasteiger partial charge in [0.1, 0.15) is 5.75 Å². The molecule has 25 heavy (non-hydrogen) atoms. The van der Waals surface area contributed by atoms with Crippen LogP contribution in [0.1, 0.15) is 17.5 Å². The van der Waals surface area contributed by atoms with Crippen molar-refractivity contribution in [3.8, 4) is 5.75 Å². The Kier molecular flexibility index (Phi) is 6.57. The Bertz CT molecular complexity index is 724. The number of ether oxygens (including phenoxy) is 1. The summed E-state index contributed by atoms with van der Waals surface area (Å²) in [7, 11) is 3.50. The van der Waals surface area contributed by atoms with E-state index >= 15 is 0 Å². The van der Waals surface area contributed by atoms with Gasteiger partial charge in [-0.1, -0.05) is 24.3 Å². The minimum Gasteiger partial charge on any atom is -0.484 e. The Morgan fingerprint density at radius 1 is 1.08 bits per heavy atom. The summed E-state index contributed by atoms with van der Waals surface area (Å²) in [5, 5.41) is 2.80. The van der Waals surface area contributed by atoms with Crippen LogP contribution in [0.5, 0.6) is 5.75 Å². The monoisotopic (exact) mass is 340 g/mol. The fourth-order valence-electron chi connectivity index (χ4n) is 2.28. The van der Waals surface area contributed by atoms with Crippen LogP contribution in [0.15, 0.2) is 48.5 Å². The molecule has 0 heterocycles. The van der Waals surface area contributed by atoms with E-state index in [-0.39, 0.29) is 18.4 Å². The zero-order valence-electron chi connectivity index (χ0n) is 14.9. The highest BCUT2D eigenvalue weighted by molar-refractivity contribution is 5.91. The van der Waals surface area contributed by atoms with Gasteiger partial charge in [-0.3, -0.25) is 9.59 Å². The number of amides is 2. The van der Waals surface area contributed by atoms with Gasteiger partial charge in [0.05, 0.1) is 0 Å². The van der Waals surface area contributed by atoms with Crippen LogP contribution in [-0.2, 0) is 16.0 Å². The SMILES string of the molecule is Cc1cccc(OCC(=O)Nc2ccc(CCC(=O)N(C)C)cc2)c1. The second kappa shape index (κ2) is 8.87. The molecule has 0 saturated carbocycles. The highest BCUT2D eigenvalue weighted by Gasteiger charge is 2.06. The molecule has 0 aromatic heterocycles. The molecule has 0 radical (unpaired) electrons. The van der Waals surface area contributed by atoms with Crippen LogP contribution in [0.25, 0.3) is 0 Å². The van der Waals surface area contributed by atoms with Crippen LogP contribution in [0.3, 0.4) is 0 Å². The zero-order valence-corrected chi connectivity index (χ0v) is 14.9. The van der Waals surface area contributed by atoms with E-state index < -0.39 is 0 Å². The normalized spacial score (nSPS) is 10.2. The Hall–Kier alpha value is -2.82. The second-order valence-corrected chi connectivity index (χ2v) is 6.14. The first-order valence-corrected chi connectivity index (χ1v) is 8.22. The van der Waals surface area contributed by atoms with E-state index in [0.717, 1.165) is 11.1 Å². The van der Waals surface area contributed by atoms with Crippen molar-refractivity contribution >= 4 is 17.5 Å². The van der Waals surface area contributed by atoms with Crippen LogP contribution < -0.4 is 10.1 Å². The fourth-order valence-corrected chi connectivity index (χ4v) is 2.28. The van der Waals surface area contributed by atoms with Crippen molar-refractivity contribution in [3.63, 3.8) is 0 Å². The molecular weight excluding hydrogens is 316 g/mol. The van der Waals surface area contributed by atoms with E-state index in [1.165, 1.54) is 0 Å². The molecule has 5 heteroatoms. The number of carbonyl (C=O) groups is 2. The molecule has 0 aliphatic heterocycles. The standard InChI is InChI=1S/C20H24N2O3/c1-15-5-4-6-18(13-15)25-14-19(23)21-17-10-7-16(8-11-17)9-12-20(24)22(2)3/h4-8,10-11,13H,9,12,14H2,1-3H3,(H,21,23). The average Bonchev–Trinajstić information content (AvgIpc) is 2.59. The third-order valence-corrected chi connectivity index (χ3v) is 3.72. The first-order valence-electron chi connectivity index (χ1n) is 8.22. The van der Waals surface area contributed by atoms with Crippen molar-refractivity contribution in [2.75, 3.05) is 26.0 Å². The molecule has 0 aliphatic carbocycles. The van der Waals surface area contributed by atoms with Crippen molar-refractivity contribution in [1.29, 1.82) is 0 Å². The molecule has 132 valence electrons. The maximum absolute atomic E-state index is 12.0. The largest absolute Gasteiger partial charge is 0.484 e. The number of nitrogens with zero attached hydrogens (tertiary/aromatic N) is 1. The van der Waals surface area contributed by atoms with E-state index in [2.05, 4.69) is 5.32 Å². The number of carbonyl (C=O) groups excluding carboxylic acids is 2. The van der Waals surface area contributed by atoms with Gasteiger partial charge in [0, 0.05) is 26.2 Å². The summed E-state index contributed by atoms with van der Waals surface area (Å²) < 4.78 is 5.48. The third-order valence-electron chi connectivity index (χ3n) is 3.72.